The molecule has 0 fully saturated rings. The molecule has 3 N–H and O–H groups in total. The van der Waals surface area contributed by atoms with Crippen molar-refractivity contribution in [1.29, 1.82) is 0 Å². The number of carbonyl (C=O) groups is 2. The van der Waals surface area contributed by atoms with Gasteiger partial charge in [-0.1, -0.05) is 12.1 Å². The molecule has 21 heavy (non-hydrogen) atoms. The minimum Gasteiger partial charge on any atom is -0.506 e. The number of carboxylic acids is 1. The predicted octanol–water partition coefficient (Wildman–Crippen LogP) is 3.41. The predicted molar refractivity (Wildman–Crippen MR) is 81.9 cm³/mol. The molecule has 1 amide bonds. The Bertz CT molecular complexity index is 728. The van der Waals surface area contributed by atoms with Crippen LogP contribution in [-0.2, 0) is 0 Å². The van der Waals surface area contributed by atoms with E-state index in [2.05, 4.69) is 21.2 Å². The SMILES string of the molecule is Cc1cccc(C(=O)Nc2ccc(C(=O)O)cc2O)c1Br. The van der Waals surface area contributed by atoms with Gasteiger partial charge in [0.25, 0.3) is 5.91 Å². The van der Waals surface area contributed by atoms with Gasteiger partial charge in [0, 0.05) is 4.47 Å². The second-order valence-electron chi connectivity index (χ2n) is 4.43. The smallest absolute Gasteiger partial charge is 0.335 e. The molecule has 0 bridgehead atoms. The standard InChI is InChI=1S/C15H12BrNO4/c1-8-3-2-4-10(13(8)16)14(19)17-11-6-5-9(15(20)21)7-12(11)18/h2-7,18H,1H3,(H,17,19)(H,20,21). The molecule has 0 heterocycles. The maximum absolute atomic E-state index is 12.2. The molecule has 0 aliphatic rings. The quantitative estimate of drug-likeness (QED) is 0.741. The number of amides is 1. The van der Waals surface area contributed by atoms with Crippen LogP contribution in [0.5, 0.6) is 5.75 Å². The topological polar surface area (TPSA) is 86.6 Å². The highest BCUT2D eigenvalue weighted by molar-refractivity contribution is 9.10. The lowest BCUT2D eigenvalue weighted by molar-refractivity contribution is 0.0696. The third-order valence-corrected chi connectivity index (χ3v) is 3.98. The van der Waals surface area contributed by atoms with E-state index in [1.165, 1.54) is 12.1 Å². The Balaban J connectivity index is 2.28. The molecule has 2 rings (SSSR count). The molecular formula is C15H12BrNO4. The summed E-state index contributed by atoms with van der Waals surface area (Å²) in [6.07, 6.45) is 0. The van der Waals surface area contributed by atoms with Crippen LogP contribution in [0.1, 0.15) is 26.3 Å². The molecular weight excluding hydrogens is 338 g/mol. The van der Waals surface area contributed by atoms with Crippen molar-refractivity contribution in [2.75, 3.05) is 5.32 Å². The summed E-state index contributed by atoms with van der Waals surface area (Å²) in [5.74, 6) is -1.85. The van der Waals surface area contributed by atoms with Gasteiger partial charge in [0.2, 0.25) is 0 Å². The van der Waals surface area contributed by atoms with E-state index in [1.807, 2.05) is 13.0 Å². The van der Waals surface area contributed by atoms with E-state index in [1.54, 1.807) is 12.1 Å². The molecule has 0 saturated heterocycles. The van der Waals surface area contributed by atoms with E-state index in [9.17, 15) is 14.7 Å². The van der Waals surface area contributed by atoms with Crippen LogP contribution >= 0.6 is 15.9 Å². The van der Waals surface area contributed by atoms with Gasteiger partial charge < -0.3 is 15.5 Å². The number of aromatic carboxylic acids is 1. The molecule has 2 aromatic carbocycles. The van der Waals surface area contributed by atoms with Gasteiger partial charge in [0.05, 0.1) is 16.8 Å². The van der Waals surface area contributed by atoms with Crippen LogP contribution in [0.25, 0.3) is 0 Å². The van der Waals surface area contributed by atoms with E-state index in [-0.39, 0.29) is 17.0 Å². The molecule has 0 aromatic heterocycles. The number of hydrogen-bond acceptors (Lipinski definition) is 3. The molecule has 0 unspecified atom stereocenters. The van der Waals surface area contributed by atoms with E-state index in [4.69, 9.17) is 5.11 Å². The molecule has 108 valence electrons. The minimum atomic E-state index is -1.15. The van der Waals surface area contributed by atoms with Crippen molar-refractivity contribution in [2.45, 2.75) is 6.92 Å². The number of aryl methyl sites for hydroxylation is 1. The van der Waals surface area contributed by atoms with E-state index >= 15 is 0 Å². The summed E-state index contributed by atoms with van der Waals surface area (Å²) in [6, 6.07) is 9.00. The van der Waals surface area contributed by atoms with Crippen molar-refractivity contribution in [3.63, 3.8) is 0 Å². The van der Waals surface area contributed by atoms with Crippen molar-refractivity contribution in [3.8, 4) is 5.75 Å². The summed E-state index contributed by atoms with van der Waals surface area (Å²) >= 11 is 3.34. The van der Waals surface area contributed by atoms with E-state index < -0.39 is 11.9 Å². The molecule has 5 nitrogen and oxygen atoms in total. The Morgan fingerprint density at radius 2 is 1.90 bits per heavy atom. The largest absolute Gasteiger partial charge is 0.506 e. The highest BCUT2D eigenvalue weighted by Gasteiger charge is 2.14. The number of phenolic OH excluding ortho intramolecular Hbond substituents is 1. The minimum absolute atomic E-state index is 0.0535. The first-order valence-corrected chi connectivity index (χ1v) is 6.82. The highest BCUT2D eigenvalue weighted by atomic mass is 79.9. The van der Waals surface area contributed by atoms with Crippen LogP contribution < -0.4 is 5.32 Å². The molecule has 0 spiro atoms. The summed E-state index contributed by atoms with van der Waals surface area (Å²) in [6.45, 7) is 1.86. The lowest BCUT2D eigenvalue weighted by atomic mass is 10.1. The van der Waals surface area contributed by atoms with Crippen LogP contribution in [0.3, 0.4) is 0 Å². The van der Waals surface area contributed by atoms with Crippen molar-refractivity contribution < 1.29 is 19.8 Å². The fourth-order valence-corrected chi connectivity index (χ4v) is 2.23. The van der Waals surface area contributed by atoms with Crippen LogP contribution in [0.2, 0.25) is 0 Å². The number of hydrogen-bond donors (Lipinski definition) is 3. The first kappa shape index (κ1) is 15.1. The van der Waals surface area contributed by atoms with Crippen LogP contribution in [0.4, 0.5) is 5.69 Å². The molecule has 0 atom stereocenters. The third-order valence-electron chi connectivity index (χ3n) is 2.93. The summed E-state index contributed by atoms with van der Waals surface area (Å²) in [4.78, 5) is 23.0. The molecule has 2 aromatic rings. The summed E-state index contributed by atoms with van der Waals surface area (Å²) in [5, 5.41) is 21.1. The molecule has 0 saturated carbocycles. The van der Waals surface area contributed by atoms with Gasteiger partial charge in [-0.25, -0.2) is 4.79 Å². The number of rotatable bonds is 3. The number of benzene rings is 2. The van der Waals surface area contributed by atoms with Crippen molar-refractivity contribution >= 4 is 33.5 Å². The Kier molecular flexibility index (Phi) is 4.28. The zero-order chi connectivity index (χ0) is 15.6. The number of nitrogens with one attached hydrogen (secondary N) is 1. The van der Waals surface area contributed by atoms with Crippen molar-refractivity contribution in [1.82, 2.24) is 0 Å². The monoisotopic (exact) mass is 349 g/mol. The average molecular weight is 350 g/mol. The summed E-state index contributed by atoms with van der Waals surface area (Å²) in [5.41, 5.74) is 1.44. The Morgan fingerprint density at radius 3 is 2.52 bits per heavy atom. The van der Waals surface area contributed by atoms with Gasteiger partial charge in [-0.3, -0.25) is 4.79 Å². The number of halogens is 1. The highest BCUT2D eigenvalue weighted by Crippen LogP contribution is 2.27. The number of anilines is 1. The summed E-state index contributed by atoms with van der Waals surface area (Å²) < 4.78 is 0.671. The second kappa shape index (κ2) is 5.97. The number of phenols is 1. The fraction of sp³-hybridized carbons (Fsp3) is 0.0667. The Morgan fingerprint density at radius 1 is 1.19 bits per heavy atom. The number of carboxylic acid groups (broad SMARTS) is 1. The number of carbonyl (C=O) groups excluding carboxylic acids is 1. The van der Waals surface area contributed by atoms with Crippen LogP contribution in [-0.4, -0.2) is 22.1 Å². The molecule has 0 aliphatic heterocycles. The lowest BCUT2D eigenvalue weighted by Gasteiger charge is -2.10. The van der Waals surface area contributed by atoms with Gasteiger partial charge in [0.1, 0.15) is 5.75 Å². The maximum atomic E-state index is 12.2. The first-order valence-electron chi connectivity index (χ1n) is 6.03. The van der Waals surface area contributed by atoms with Gasteiger partial charge in [-0.15, -0.1) is 0 Å². The Labute approximate surface area is 129 Å². The lowest BCUT2D eigenvalue weighted by Crippen LogP contribution is -2.13. The van der Waals surface area contributed by atoms with E-state index in [0.717, 1.165) is 11.6 Å². The normalized spacial score (nSPS) is 10.2. The maximum Gasteiger partial charge on any atom is 0.335 e. The zero-order valence-electron chi connectivity index (χ0n) is 11.1. The fourth-order valence-electron chi connectivity index (χ4n) is 1.78. The first-order chi connectivity index (χ1) is 9.90. The molecule has 0 aliphatic carbocycles. The zero-order valence-corrected chi connectivity index (χ0v) is 12.6. The Hall–Kier alpha value is -2.34. The van der Waals surface area contributed by atoms with Gasteiger partial charge in [-0.05, 0) is 52.7 Å². The van der Waals surface area contributed by atoms with Gasteiger partial charge in [0.15, 0.2) is 0 Å². The van der Waals surface area contributed by atoms with Crippen molar-refractivity contribution in [3.05, 3.63) is 57.6 Å². The van der Waals surface area contributed by atoms with Gasteiger partial charge in [-0.2, -0.15) is 0 Å². The van der Waals surface area contributed by atoms with Gasteiger partial charge >= 0.3 is 5.97 Å². The van der Waals surface area contributed by atoms with Crippen molar-refractivity contribution in [2.24, 2.45) is 0 Å². The molecule has 6 heteroatoms. The average Bonchev–Trinajstić information content (AvgIpc) is 2.43. The third kappa shape index (κ3) is 3.22. The van der Waals surface area contributed by atoms with Crippen LogP contribution in [0, 0.1) is 6.92 Å². The summed E-state index contributed by atoms with van der Waals surface area (Å²) in [7, 11) is 0. The molecule has 0 radical (unpaired) electrons. The number of aromatic hydroxyl groups is 1. The van der Waals surface area contributed by atoms with E-state index in [0.29, 0.717) is 10.0 Å². The van der Waals surface area contributed by atoms with Crippen LogP contribution in [0.15, 0.2) is 40.9 Å². The second-order valence-corrected chi connectivity index (χ2v) is 5.22.